The molecule has 0 aliphatic heterocycles. The molecule has 0 spiro atoms. The zero-order valence-corrected chi connectivity index (χ0v) is 22.3. The highest BCUT2D eigenvalue weighted by atomic mass is 16.8. The van der Waals surface area contributed by atoms with Crippen molar-refractivity contribution in [1.29, 1.82) is 0 Å². The number of nitrogens with two attached hydrogens (primary N) is 1. The Bertz CT molecular complexity index is 1090. The molecular weight excluding hydrogens is 452 g/mol. The Hall–Kier alpha value is -3.15. The molecule has 0 bridgehead atoms. The first-order valence-corrected chi connectivity index (χ1v) is 13.0. The molecule has 0 saturated heterocycles. The monoisotopic (exact) mass is 492 g/mol. The molecule has 194 valence electrons. The van der Waals surface area contributed by atoms with Crippen LogP contribution in [-0.2, 0) is 25.2 Å². The number of carbonyl (C=O) groups excluding carboxylic acids is 2. The van der Waals surface area contributed by atoms with Gasteiger partial charge in [0.2, 0.25) is 0 Å². The number of oxime groups is 1. The van der Waals surface area contributed by atoms with Crippen LogP contribution in [0.25, 0.3) is 0 Å². The maximum atomic E-state index is 12.6. The quantitative estimate of drug-likeness (QED) is 0.129. The number of amides is 1. The molecule has 0 fully saturated rings. The Kier molecular flexibility index (Phi) is 8.93. The molecule has 3 rings (SSSR count). The van der Waals surface area contributed by atoms with Gasteiger partial charge in [0.25, 0.3) is 12.2 Å². The first kappa shape index (κ1) is 27.4. The van der Waals surface area contributed by atoms with Crippen LogP contribution in [-0.4, -0.2) is 23.9 Å². The van der Waals surface area contributed by atoms with Crippen molar-refractivity contribution in [2.45, 2.75) is 96.7 Å². The number of esters is 1. The molecule has 1 amide bonds. The first-order valence-electron chi connectivity index (χ1n) is 13.0. The first-order chi connectivity index (χ1) is 17.0. The van der Waals surface area contributed by atoms with E-state index in [4.69, 9.17) is 15.3 Å². The molecule has 2 N–H and O–H groups in total. The molecule has 0 saturated carbocycles. The number of unbranched alkanes of at least 4 members (excludes halogenated alkanes) is 3. The predicted octanol–water partition coefficient (Wildman–Crippen LogP) is 6.40. The summed E-state index contributed by atoms with van der Waals surface area (Å²) < 4.78 is 5.61. The van der Waals surface area contributed by atoms with E-state index in [-0.39, 0.29) is 16.5 Å². The van der Waals surface area contributed by atoms with E-state index in [2.05, 4.69) is 45.8 Å². The van der Waals surface area contributed by atoms with Gasteiger partial charge in [-0.25, -0.2) is 4.79 Å². The summed E-state index contributed by atoms with van der Waals surface area (Å²) in [4.78, 5) is 30.7. The Balaban J connectivity index is 1.86. The third kappa shape index (κ3) is 6.74. The van der Waals surface area contributed by atoms with Crippen LogP contribution in [0.5, 0.6) is 0 Å². The van der Waals surface area contributed by atoms with E-state index in [9.17, 15) is 9.59 Å². The van der Waals surface area contributed by atoms with Gasteiger partial charge in [0.1, 0.15) is 0 Å². The van der Waals surface area contributed by atoms with Gasteiger partial charge in [-0.05, 0) is 59.4 Å². The molecule has 1 aliphatic rings. The fourth-order valence-corrected chi connectivity index (χ4v) is 4.72. The summed E-state index contributed by atoms with van der Waals surface area (Å²) in [6.45, 7) is 11.1. The SMILES string of the molecule is CCCCCCC(ON=C(C(N)=O)c1ccc2c(c1)C(C)(C)CCC2(C)C)OC(=O)c1ccccc1. The molecule has 1 atom stereocenters. The number of hydrogen-bond acceptors (Lipinski definition) is 5. The van der Waals surface area contributed by atoms with Crippen LogP contribution in [0.3, 0.4) is 0 Å². The van der Waals surface area contributed by atoms with Crippen molar-refractivity contribution in [3.8, 4) is 0 Å². The van der Waals surface area contributed by atoms with Gasteiger partial charge in [0.05, 0.1) is 5.56 Å². The minimum Gasteiger partial charge on any atom is -0.419 e. The molecule has 36 heavy (non-hydrogen) atoms. The van der Waals surface area contributed by atoms with E-state index < -0.39 is 18.2 Å². The Morgan fingerprint density at radius 1 is 0.917 bits per heavy atom. The highest BCUT2D eigenvalue weighted by Crippen LogP contribution is 2.45. The van der Waals surface area contributed by atoms with Crippen molar-refractivity contribution in [2.24, 2.45) is 10.9 Å². The van der Waals surface area contributed by atoms with Crippen molar-refractivity contribution >= 4 is 17.6 Å². The zero-order chi connectivity index (χ0) is 26.3. The lowest BCUT2D eigenvalue weighted by molar-refractivity contribution is -0.117. The average Bonchev–Trinajstić information content (AvgIpc) is 2.85. The van der Waals surface area contributed by atoms with Gasteiger partial charge < -0.3 is 15.3 Å². The van der Waals surface area contributed by atoms with E-state index in [1.165, 1.54) is 11.1 Å². The summed E-state index contributed by atoms with van der Waals surface area (Å²) in [5.74, 6) is -1.19. The van der Waals surface area contributed by atoms with Gasteiger partial charge >= 0.3 is 5.97 Å². The topological polar surface area (TPSA) is 91.0 Å². The number of benzene rings is 2. The molecule has 6 heteroatoms. The van der Waals surface area contributed by atoms with Crippen LogP contribution in [0.4, 0.5) is 0 Å². The number of carbonyl (C=O) groups is 2. The van der Waals surface area contributed by atoms with Crippen LogP contribution >= 0.6 is 0 Å². The summed E-state index contributed by atoms with van der Waals surface area (Å²) in [7, 11) is 0. The van der Waals surface area contributed by atoms with E-state index in [0.29, 0.717) is 17.5 Å². The molecule has 1 aliphatic carbocycles. The van der Waals surface area contributed by atoms with Crippen LogP contribution in [0.1, 0.15) is 107 Å². The van der Waals surface area contributed by atoms with Crippen molar-refractivity contribution < 1.29 is 19.2 Å². The normalized spacial score (nSPS) is 17.1. The summed E-state index contributed by atoms with van der Waals surface area (Å²) in [5.41, 5.74) is 9.27. The highest BCUT2D eigenvalue weighted by Gasteiger charge is 2.37. The number of primary amides is 1. The Morgan fingerprint density at radius 2 is 1.58 bits per heavy atom. The minimum absolute atomic E-state index is 0.0197. The van der Waals surface area contributed by atoms with Crippen LogP contribution in [0, 0.1) is 0 Å². The lowest BCUT2D eigenvalue weighted by Crippen LogP contribution is -2.34. The molecule has 0 heterocycles. The Morgan fingerprint density at radius 3 is 2.22 bits per heavy atom. The van der Waals surface area contributed by atoms with Crippen LogP contribution < -0.4 is 5.73 Å². The van der Waals surface area contributed by atoms with Gasteiger partial charge in [-0.15, -0.1) is 0 Å². The maximum absolute atomic E-state index is 12.6. The largest absolute Gasteiger partial charge is 0.419 e. The number of rotatable bonds is 11. The van der Waals surface area contributed by atoms with E-state index in [1.807, 2.05) is 18.2 Å². The molecular formula is C30H40N2O4. The van der Waals surface area contributed by atoms with Gasteiger partial charge in [0.15, 0.2) is 5.71 Å². The number of fused-ring (bicyclic) bond motifs is 1. The van der Waals surface area contributed by atoms with Crippen molar-refractivity contribution in [2.75, 3.05) is 0 Å². The van der Waals surface area contributed by atoms with Gasteiger partial charge in [0, 0.05) is 12.0 Å². The minimum atomic E-state index is -0.920. The number of ether oxygens (including phenoxy) is 1. The zero-order valence-electron chi connectivity index (χ0n) is 22.3. The van der Waals surface area contributed by atoms with Crippen molar-refractivity contribution in [1.82, 2.24) is 0 Å². The molecule has 1 unspecified atom stereocenters. The van der Waals surface area contributed by atoms with Gasteiger partial charge in [-0.2, -0.15) is 0 Å². The average molecular weight is 493 g/mol. The predicted molar refractivity (Wildman–Crippen MR) is 143 cm³/mol. The van der Waals surface area contributed by atoms with E-state index in [1.54, 1.807) is 24.3 Å². The molecule has 0 aromatic heterocycles. The lowest BCUT2D eigenvalue weighted by Gasteiger charge is -2.42. The van der Waals surface area contributed by atoms with Crippen molar-refractivity contribution in [3.05, 3.63) is 70.8 Å². The second-order valence-electron chi connectivity index (χ2n) is 11.0. The third-order valence-electron chi connectivity index (χ3n) is 7.16. The number of hydrogen-bond donors (Lipinski definition) is 1. The van der Waals surface area contributed by atoms with Crippen LogP contribution in [0.15, 0.2) is 53.7 Å². The van der Waals surface area contributed by atoms with Crippen LogP contribution in [0.2, 0.25) is 0 Å². The maximum Gasteiger partial charge on any atom is 0.341 e. The summed E-state index contributed by atoms with van der Waals surface area (Å²) in [6, 6.07) is 14.7. The highest BCUT2D eigenvalue weighted by molar-refractivity contribution is 6.44. The fourth-order valence-electron chi connectivity index (χ4n) is 4.72. The van der Waals surface area contributed by atoms with E-state index >= 15 is 0 Å². The summed E-state index contributed by atoms with van der Waals surface area (Å²) in [5, 5.41) is 4.14. The lowest BCUT2D eigenvalue weighted by atomic mass is 9.63. The third-order valence-corrected chi connectivity index (χ3v) is 7.16. The van der Waals surface area contributed by atoms with Gasteiger partial charge in [-0.3, -0.25) is 4.79 Å². The summed E-state index contributed by atoms with van der Waals surface area (Å²) >= 11 is 0. The summed E-state index contributed by atoms with van der Waals surface area (Å²) in [6.07, 6.45) is 5.66. The number of nitrogens with zero attached hydrogens (tertiary/aromatic N) is 1. The Labute approximate surface area is 215 Å². The van der Waals surface area contributed by atoms with Crippen molar-refractivity contribution in [3.63, 3.8) is 0 Å². The second-order valence-corrected chi connectivity index (χ2v) is 11.0. The fraction of sp³-hybridized carbons (Fsp3) is 0.500. The molecule has 0 radical (unpaired) electrons. The van der Waals surface area contributed by atoms with E-state index in [0.717, 1.165) is 38.5 Å². The second kappa shape index (κ2) is 11.7. The molecule has 6 nitrogen and oxygen atoms in total. The van der Waals surface area contributed by atoms with Gasteiger partial charge in [-0.1, -0.05) is 89.4 Å². The molecule has 2 aromatic rings. The standard InChI is InChI=1S/C30H40N2O4/c1-6-7-8-12-15-25(35-28(34)21-13-10-9-11-14-21)36-32-26(27(31)33)22-16-17-23-24(20-22)30(4,5)19-18-29(23,2)3/h9-11,13-14,16-17,20,25H,6-8,12,15,18-19H2,1-5H3,(H2,31,33). The smallest absolute Gasteiger partial charge is 0.341 e. The molecule has 2 aromatic carbocycles.